The van der Waals surface area contributed by atoms with Gasteiger partial charge in [-0.1, -0.05) is 39.8 Å². The summed E-state index contributed by atoms with van der Waals surface area (Å²) in [7, 11) is 0. The first kappa shape index (κ1) is 28.4. The Hall–Kier alpha value is -3.19. The highest BCUT2D eigenvalue weighted by Crippen LogP contribution is 2.39. The van der Waals surface area contributed by atoms with E-state index >= 15 is 0 Å². The van der Waals surface area contributed by atoms with Crippen LogP contribution < -0.4 is 10.6 Å². The molecule has 0 bridgehead atoms. The second-order valence-electron chi connectivity index (χ2n) is 11.3. The Morgan fingerprint density at radius 3 is 2.38 bits per heavy atom. The van der Waals surface area contributed by atoms with Crippen LogP contribution in [0.15, 0.2) is 42.6 Å². The Kier molecular flexibility index (Phi) is 8.80. The van der Waals surface area contributed by atoms with Crippen molar-refractivity contribution in [3.05, 3.63) is 64.3 Å². The molecule has 198 valence electrons. The largest absolute Gasteiger partial charge is 0.357 e. The van der Waals surface area contributed by atoms with Gasteiger partial charge in [0.25, 0.3) is 5.91 Å². The van der Waals surface area contributed by atoms with Crippen LogP contribution in [0.3, 0.4) is 0 Å². The molecule has 0 spiro atoms. The summed E-state index contributed by atoms with van der Waals surface area (Å²) in [5, 5.41) is 7.06. The Morgan fingerprint density at radius 2 is 1.81 bits per heavy atom. The Balaban J connectivity index is 2.01. The van der Waals surface area contributed by atoms with E-state index in [1.807, 2.05) is 44.0 Å². The minimum Gasteiger partial charge on any atom is -0.357 e. The predicted octanol–water partition coefficient (Wildman–Crippen LogP) is 6.71. The van der Waals surface area contributed by atoms with E-state index in [0.29, 0.717) is 25.1 Å². The van der Waals surface area contributed by atoms with Crippen molar-refractivity contribution in [2.75, 3.05) is 18.4 Å². The molecule has 0 aliphatic rings. The maximum absolute atomic E-state index is 13.9. The first-order valence-electron chi connectivity index (χ1n) is 12.8. The molecular weight excluding hydrogens is 480 g/mol. The number of anilines is 2. The summed E-state index contributed by atoms with van der Waals surface area (Å²) >= 11 is 1.61. The van der Waals surface area contributed by atoms with Crippen molar-refractivity contribution in [1.29, 1.82) is 0 Å². The van der Waals surface area contributed by atoms with Crippen molar-refractivity contribution in [3.63, 3.8) is 0 Å². The molecule has 0 atom stereocenters. The molecule has 3 rings (SSSR count). The minimum absolute atomic E-state index is 0.0545. The molecular formula is C30H40N4O2S. The second-order valence-corrected chi connectivity index (χ2v) is 12.4. The van der Waals surface area contributed by atoms with Gasteiger partial charge >= 0.3 is 0 Å². The number of nitrogens with one attached hydrogen (secondary N) is 2. The molecule has 0 unspecified atom stereocenters. The van der Waals surface area contributed by atoms with Gasteiger partial charge < -0.3 is 15.5 Å². The van der Waals surface area contributed by atoms with E-state index in [4.69, 9.17) is 0 Å². The molecule has 2 amide bonds. The van der Waals surface area contributed by atoms with Crippen LogP contribution in [0.1, 0.15) is 75.0 Å². The van der Waals surface area contributed by atoms with E-state index in [9.17, 15) is 9.59 Å². The maximum atomic E-state index is 13.9. The number of hydrogen-bond acceptors (Lipinski definition) is 5. The molecule has 37 heavy (non-hydrogen) atoms. The van der Waals surface area contributed by atoms with Crippen LogP contribution in [0.5, 0.6) is 0 Å². The van der Waals surface area contributed by atoms with E-state index in [1.165, 1.54) is 0 Å². The first-order chi connectivity index (χ1) is 17.3. The van der Waals surface area contributed by atoms with Crippen LogP contribution in [0.25, 0.3) is 11.1 Å². The fraction of sp³-hybridized carbons (Fsp3) is 0.433. The van der Waals surface area contributed by atoms with Crippen LogP contribution in [0.2, 0.25) is 0 Å². The highest BCUT2D eigenvalue weighted by atomic mass is 32.1. The number of carbonyl (C=O) groups excluding carboxylic acids is 2. The molecule has 0 saturated carbocycles. The summed E-state index contributed by atoms with van der Waals surface area (Å²) in [4.78, 5) is 32.2. The number of nitrogens with zero attached hydrogens (tertiary/aromatic N) is 2. The quantitative estimate of drug-likeness (QED) is 0.243. The standard InChI is InChI=1S/C30H40N4O2S/c1-9-22-13-11-21(18-32-22)24-16-23(12-10-20(24)2)33-27-25(17-26(37-27)29(3,4)5)28(36)34(30(6,7)8)15-14-31-19-35/h10-13,16-19,33H,9,14-15H2,1-8H3,(H,31,35). The molecule has 3 aromatic rings. The number of carbonyl (C=O) groups is 2. The lowest BCUT2D eigenvalue weighted by Gasteiger charge is -2.36. The van der Waals surface area contributed by atoms with Crippen molar-refractivity contribution in [1.82, 2.24) is 15.2 Å². The normalized spacial score (nSPS) is 11.8. The fourth-order valence-electron chi connectivity index (χ4n) is 4.07. The summed E-state index contributed by atoms with van der Waals surface area (Å²) in [6, 6.07) is 12.5. The van der Waals surface area contributed by atoms with Crippen molar-refractivity contribution in [2.24, 2.45) is 0 Å². The third-order valence-corrected chi connectivity index (χ3v) is 7.79. The zero-order valence-corrected chi connectivity index (χ0v) is 24.2. The average Bonchev–Trinajstić information content (AvgIpc) is 3.26. The number of benzene rings is 1. The van der Waals surface area contributed by atoms with Crippen LogP contribution >= 0.6 is 11.3 Å². The Labute approximate surface area is 225 Å². The van der Waals surface area contributed by atoms with Crippen LogP contribution in [0.4, 0.5) is 10.7 Å². The van der Waals surface area contributed by atoms with Gasteiger partial charge in [-0.15, -0.1) is 11.3 Å². The van der Waals surface area contributed by atoms with Gasteiger partial charge in [0.05, 0.1) is 5.56 Å². The van der Waals surface area contributed by atoms with Gasteiger partial charge in [0, 0.05) is 46.6 Å². The molecule has 7 heteroatoms. The topological polar surface area (TPSA) is 74.3 Å². The average molecular weight is 521 g/mol. The highest BCUT2D eigenvalue weighted by molar-refractivity contribution is 7.16. The van der Waals surface area contributed by atoms with Crippen molar-refractivity contribution < 1.29 is 9.59 Å². The van der Waals surface area contributed by atoms with Crippen LogP contribution in [0, 0.1) is 6.92 Å². The molecule has 0 fully saturated rings. The number of aryl methyl sites for hydroxylation is 2. The summed E-state index contributed by atoms with van der Waals surface area (Å²) in [5.41, 5.74) is 5.46. The maximum Gasteiger partial charge on any atom is 0.257 e. The van der Waals surface area contributed by atoms with Gasteiger partial charge in [-0.05, 0) is 74.9 Å². The summed E-state index contributed by atoms with van der Waals surface area (Å²) < 4.78 is 0. The number of aromatic nitrogens is 1. The lowest BCUT2D eigenvalue weighted by atomic mass is 9.94. The number of rotatable bonds is 9. The fourth-order valence-corrected chi connectivity index (χ4v) is 5.20. The van der Waals surface area contributed by atoms with Crippen LogP contribution in [-0.2, 0) is 16.6 Å². The molecule has 0 saturated heterocycles. The monoisotopic (exact) mass is 520 g/mol. The van der Waals surface area contributed by atoms with Gasteiger partial charge in [-0.2, -0.15) is 0 Å². The van der Waals surface area contributed by atoms with Crippen molar-refractivity contribution >= 4 is 34.3 Å². The van der Waals surface area contributed by atoms with Gasteiger partial charge in [0.1, 0.15) is 5.00 Å². The van der Waals surface area contributed by atoms with Gasteiger partial charge in [0.2, 0.25) is 6.41 Å². The predicted molar refractivity (Wildman–Crippen MR) is 155 cm³/mol. The van der Waals surface area contributed by atoms with Crippen molar-refractivity contribution in [3.8, 4) is 11.1 Å². The van der Waals surface area contributed by atoms with Gasteiger partial charge in [0.15, 0.2) is 0 Å². The first-order valence-corrected chi connectivity index (χ1v) is 13.6. The highest BCUT2D eigenvalue weighted by Gasteiger charge is 2.31. The van der Waals surface area contributed by atoms with Gasteiger partial charge in [-0.3, -0.25) is 14.6 Å². The lowest BCUT2D eigenvalue weighted by Crippen LogP contribution is -2.48. The summed E-state index contributed by atoms with van der Waals surface area (Å²) in [6.45, 7) is 17.5. The molecule has 2 heterocycles. The summed E-state index contributed by atoms with van der Waals surface area (Å²) in [5.74, 6) is -0.0545. The number of pyridine rings is 1. The van der Waals surface area contributed by atoms with E-state index < -0.39 is 5.54 Å². The van der Waals surface area contributed by atoms with Crippen molar-refractivity contribution in [2.45, 2.75) is 72.8 Å². The second kappa shape index (κ2) is 11.5. The zero-order valence-electron chi connectivity index (χ0n) is 23.4. The SMILES string of the molecule is CCc1ccc(-c2cc(Nc3sc(C(C)(C)C)cc3C(=O)N(CCNC=O)C(C)(C)C)ccc2C)cn1. The van der Waals surface area contributed by atoms with Crippen LogP contribution in [-0.4, -0.2) is 40.8 Å². The molecule has 0 aliphatic heterocycles. The van der Waals surface area contributed by atoms with E-state index in [1.54, 1.807) is 11.3 Å². The van der Waals surface area contributed by atoms with E-state index in [2.05, 4.69) is 74.5 Å². The number of hydrogen-bond donors (Lipinski definition) is 2. The molecule has 0 aliphatic carbocycles. The summed E-state index contributed by atoms with van der Waals surface area (Å²) in [6.07, 6.45) is 3.50. The van der Waals surface area contributed by atoms with E-state index in [0.717, 1.165) is 44.4 Å². The molecule has 2 aromatic heterocycles. The van der Waals surface area contributed by atoms with E-state index in [-0.39, 0.29) is 11.3 Å². The molecule has 2 N–H and O–H groups in total. The Bertz CT molecular complexity index is 1230. The number of thiophene rings is 1. The molecule has 6 nitrogen and oxygen atoms in total. The smallest absolute Gasteiger partial charge is 0.257 e. The zero-order chi connectivity index (χ0) is 27.4. The third-order valence-electron chi connectivity index (χ3n) is 6.31. The Morgan fingerprint density at radius 1 is 1.08 bits per heavy atom. The molecule has 1 aromatic carbocycles. The minimum atomic E-state index is -0.405. The van der Waals surface area contributed by atoms with Gasteiger partial charge in [-0.25, -0.2) is 0 Å². The number of amides is 2. The lowest BCUT2D eigenvalue weighted by molar-refractivity contribution is -0.109. The molecule has 0 radical (unpaired) electrons. The third kappa shape index (κ3) is 6.98.